The Morgan fingerprint density at radius 3 is 2.56 bits per heavy atom. The van der Waals surface area contributed by atoms with Crippen molar-refractivity contribution >= 4 is 21.9 Å². The Kier molecular flexibility index (Phi) is 1.96. The summed E-state index contributed by atoms with van der Waals surface area (Å²) in [6, 6.07) is 13.1. The van der Waals surface area contributed by atoms with E-state index in [1.807, 2.05) is 12.3 Å². The molecule has 16 heavy (non-hydrogen) atoms. The van der Waals surface area contributed by atoms with E-state index < -0.39 is 0 Å². The molecule has 0 aliphatic rings. The van der Waals surface area contributed by atoms with Crippen LogP contribution in [-0.4, -0.2) is 9.55 Å². The molecular weight excluding hydrogens is 196 g/mol. The molecular formula is C14H14N2. The molecule has 0 aliphatic heterocycles. The molecule has 0 N–H and O–H groups in total. The molecule has 0 saturated carbocycles. The van der Waals surface area contributed by atoms with E-state index in [1.165, 1.54) is 16.3 Å². The van der Waals surface area contributed by atoms with Gasteiger partial charge in [0.05, 0.1) is 5.52 Å². The van der Waals surface area contributed by atoms with Crippen LogP contribution >= 0.6 is 0 Å². The first-order valence-corrected chi connectivity index (χ1v) is 5.62. The minimum absolute atomic E-state index is 0.428. The zero-order valence-corrected chi connectivity index (χ0v) is 9.51. The van der Waals surface area contributed by atoms with E-state index in [0.717, 1.165) is 5.65 Å². The van der Waals surface area contributed by atoms with Crippen molar-refractivity contribution in [3.63, 3.8) is 0 Å². The molecule has 80 valence electrons. The first-order chi connectivity index (χ1) is 7.79. The molecule has 0 spiro atoms. The van der Waals surface area contributed by atoms with Crippen LogP contribution in [0.2, 0.25) is 0 Å². The number of para-hydroxylation sites is 1. The van der Waals surface area contributed by atoms with Crippen molar-refractivity contribution in [2.75, 3.05) is 0 Å². The van der Waals surface area contributed by atoms with Crippen molar-refractivity contribution in [1.82, 2.24) is 9.55 Å². The molecule has 0 radical (unpaired) electrons. The summed E-state index contributed by atoms with van der Waals surface area (Å²) in [6.07, 6.45) is 1.86. The molecule has 1 aromatic carbocycles. The Hall–Kier alpha value is -1.83. The van der Waals surface area contributed by atoms with Gasteiger partial charge in [0.15, 0.2) is 0 Å². The monoisotopic (exact) mass is 210 g/mol. The molecule has 3 rings (SSSR count). The van der Waals surface area contributed by atoms with Crippen molar-refractivity contribution < 1.29 is 0 Å². The van der Waals surface area contributed by atoms with Gasteiger partial charge in [-0.2, -0.15) is 0 Å². The Balaban J connectivity index is 2.59. The maximum Gasteiger partial charge on any atom is 0.141 e. The molecule has 0 bridgehead atoms. The third kappa shape index (κ3) is 1.16. The van der Waals surface area contributed by atoms with Crippen molar-refractivity contribution in [2.45, 2.75) is 19.9 Å². The van der Waals surface area contributed by atoms with E-state index in [0.29, 0.717) is 6.04 Å². The zero-order valence-electron chi connectivity index (χ0n) is 9.51. The van der Waals surface area contributed by atoms with E-state index in [-0.39, 0.29) is 0 Å². The highest BCUT2D eigenvalue weighted by Crippen LogP contribution is 2.29. The highest BCUT2D eigenvalue weighted by Gasteiger charge is 2.12. The smallest absolute Gasteiger partial charge is 0.141 e. The third-order valence-corrected chi connectivity index (χ3v) is 2.99. The Bertz CT molecular complexity index is 597. The van der Waals surface area contributed by atoms with Crippen LogP contribution in [0.3, 0.4) is 0 Å². The highest BCUT2D eigenvalue weighted by atomic mass is 15.1. The molecule has 0 saturated heterocycles. The SMILES string of the molecule is CC(C)n1c2ccccc2c2cccnc21. The van der Waals surface area contributed by atoms with Crippen molar-refractivity contribution in [1.29, 1.82) is 0 Å². The molecule has 2 heteroatoms. The van der Waals surface area contributed by atoms with Crippen LogP contribution in [-0.2, 0) is 0 Å². The normalized spacial score (nSPS) is 11.7. The van der Waals surface area contributed by atoms with E-state index in [9.17, 15) is 0 Å². The van der Waals surface area contributed by atoms with Crippen molar-refractivity contribution in [3.05, 3.63) is 42.6 Å². The molecule has 0 amide bonds. The molecule has 2 aromatic heterocycles. The standard InChI is InChI=1S/C14H14N2/c1-10(2)16-13-8-4-3-6-11(13)12-7-5-9-15-14(12)16/h3-10H,1-2H3. The third-order valence-electron chi connectivity index (χ3n) is 2.99. The van der Waals surface area contributed by atoms with Crippen LogP contribution in [0.1, 0.15) is 19.9 Å². The Morgan fingerprint density at radius 1 is 1.00 bits per heavy atom. The lowest BCUT2D eigenvalue weighted by Gasteiger charge is -2.09. The van der Waals surface area contributed by atoms with Crippen LogP contribution in [0.25, 0.3) is 21.9 Å². The van der Waals surface area contributed by atoms with Crippen LogP contribution < -0.4 is 0 Å². The number of nitrogens with zero attached hydrogens (tertiary/aromatic N) is 2. The van der Waals surface area contributed by atoms with Gasteiger partial charge in [-0.3, -0.25) is 0 Å². The summed E-state index contributed by atoms with van der Waals surface area (Å²) >= 11 is 0. The van der Waals surface area contributed by atoms with Gasteiger partial charge in [0.2, 0.25) is 0 Å². The lowest BCUT2D eigenvalue weighted by atomic mass is 10.2. The van der Waals surface area contributed by atoms with Gasteiger partial charge in [-0.05, 0) is 32.0 Å². The average Bonchev–Trinajstić information content (AvgIpc) is 2.63. The van der Waals surface area contributed by atoms with Gasteiger partial charge in [0.1, 0.15) is 5.65 Å². The first kappa shape index (κ1) is 9.40. The summed E-state index contributed by atoms with van der Waals surface area (Å²) in [6.45, 7) is 4.39. The van der Waals surface area contributed by atoms with Gasteiger partial charge < -0.3 is 4.57 Å². The predicted molar refractivity (Wildman–Crippen MR) is 67.6 cm³/mol. The second-order valence-corrected chi connectivity index (χ2v) is 4.36. The fraction of sp³-hybridized carbons (Fsp3) is 0.214. The van der Waals surface area contributed by atoms with E-state index in [4.69, 9.17) is 0 Å². The lowest BCUT2D eigenvalue weighted by molar-refractivity contribution is 0.637. The highest BCUT2D eigenvalue weighted by molar-refractivity contribution is 6.06. The van der Waals surface area contributed by atoms with Crippen LogP contribution in [0.15, 0.2) is 42.6 Å². The van der Waals surface area contributed by atoms with Crippen LogP contribution in [0, 0.1) is 0 Å². The summed E-state index contributed by atoms with van der Waals surface area (Å²) < 4.78 is 2.30. The quantitative estimate of drug-likeness (QED) is 0.597. The van der Waals surface area contributed by atoms with E-state index in [2.05, 4.69) is 53.7 Å². The van der Waals surface area contributed by atoms with Gasteiger partial charge >= 0.3 is 0 Å². The van der Waals surface area contributed by atoms with Gasteiger partial charge in [0, 0.05) is 23.0 Å². The molecule has 0 unspecified atom stereocenters. The molecule has 3 aromatic rings. The second kappa shape index (κ2) is 3.34. The van der Waals surface area contributed by atoms with Gasteiger partial charge in [0.25, 0.3) is 0 Å². The Morgan fingerprint density at radius 2 is 1.75 bits per heavy atom. The molecule has 0 atom stereocenters. The Labute approximate surface area is 94.5 Å². The fourth-order valence-corrected chi connectivity index (χ4v) is 2.35. The summed E-state index contributed by atoms with van der Waals surface area (Å²) in [5.74, 6) is 0. The number of hydrogen-bond donors (Lipinski definition) is 0. The number of pyridine rings is 1. The minimum atomic E-state index is 0.428. The fourth-order valence-electron chi connectivity index (χ4n) is 2.35. The summed E-state index contributed by atoms with van der Waals surface area (Å²) in [5.41, 5.74) is 2.35. The largest absolute Gasteiger partial charge is 0.323 e. The first-order valence-electron chi connectivity index (χ1n) is 5.62. The molecule has 2 nitrogen and oxygen atoms in total. The number of hydrogen-bond acceptors (Lipinski definition) is 1. The topological polar surface area (TPSA) is 17.8 Å². The van der Waals surface area contributed by atoms with Gasteiger partial charge in [-0.25, -0.2) is 4.98 Å². The number of benzene rings is 1. The molecule has 0 fully saturated rings. The predicted octanol–water partition coefficient (Wildman–Crippen LogP) is 3.77. The van der Waals surface area contributed by atoms with Crippen molar-refractivity contribution in [2.24, 2.45) is 0 Å². The summed E-state index contributed by atoms with van der Waals surface area (Å²) in [7, 11) is 0. The van der Waals surface area contributed by atoms with E-state index in [1.54, 1.807) is 0 Å². The number of fused-ring (bicyclic) bond motifs is 3. The summed E-state index contributed by atoms with van der Waals surface area (Å²) in [5, 5.41) is 2.53. The minimum Gasteiger partial charge on any atom is -0.323 e. The maximum absolute atomic E-state index is 4.50. The van der Waals surface area contributed by atoms with Gasteiger partial charge in [-0.15, -0.1) is 0 Å². The van der Waals surface area contributed by atoms with Crippen LogP contribution in [0.4, 0.5) is 0 Å². The van der Waals surface area contributed by atoms with Crippen molar-refractivity contribution in [3.8, 4) is 0 Å². The lowest BCUT2D eigenvalue weighted by Crippen LogP contribution is -2.00. The molecule has 2 heterocycles. The maximum atomic E-state index is 4.50. The van der Waals surface area contributed by atoms with Gasteiger partial charge in [-0.1, -0.05) is 18.2 Å². The zero-order chi connectivity index (χ0) is 11.1. The van der Waals surface area contributed by atoms with Crippen LogP contribution in [0.5, 0.6) is 0 Å². The second-order valence-electron chi connectivity index (χ2n) is 4.36. The number of aromatic nitrogens is 2. The molecule has 0 aliphatic carbocycles. The average molecular weight is 210 g/mol. The summed E-state index contributed by atoms with van der Waals surface area (Å²) in [4.78, 5) is 4.50. The van der Waals surface area contributed by atoms with E-state index >= 15 is 0 Å². The number of rotatable bonds is 1.